The van der Waals surface area contributed by atoms with Gasteiger partial charge in [-0.1, -0.05) is 12.1 Å². The molecule has 9 heteroatoms. The van der Waals surface area contributed by atoms with Gasteiger partial charge in [0.25, 0.3) is 11.6 Å². The summed E-state index contributed by atoms with van der Waals surface area (Å²) in [5.41, 5.74) is 2.27. The molecular weight excluding hydrogens is 400 g/mol. The number of rotatable bonds is 10. The summed E-state index contributed by atoms with van der Waals surface area (Å²) in [5, 5.41) is 19.4. The lowest BCUT2D eigenvalue weighted by Crippen LogP contribution is -2.23. The predicted molar refractivity (Wildman–Crippen MR) is 116 cm³/mol. The highest BCUT2D eigenvalue weighted by Crippen LogP contribution is 2.15. The fraction of sp³-hybridized carbons (Fsp3) is 0.182. The molecule has 2 amide bonds. The van der Waals surface area contributed by atoms with Crippen molar-refractivity contribution in [1.29, 1.82) is 0 Å². The Kier molecular flexibility index (Phi) is 7.36. The number of nitro benzene ring substituents is 1. The summed E-state index contributed by atoms with van der Waals surface area (Å²) in [7, 11) is 0. The molecule has 0 bridgehead atoms. The van der Waals surface area contributed by atoms with E-state index in [1.807, 2.05) is 6.07 Å². The molecule has 0 atom stereocenters. The van der Waals surface area contributed by atoms with Gasteiger partial charge in [0.2, 0.25) is 5.91 Å². The maximum atomic E-state index is 12.1. The summed E-state index contributed by atoms with van der Waals surface area (Å²) >= 11 is 0. The van der Waals surface area contributed by atoms with E-state index in [1.165, 1.54) is 18.4 Å². The van der Waals surface area contributed by atoms with Crippen molar-refractivity contribution in [3.63, 3.8) is 0 Å². The van der Waals surface area contributed by atoms with Crippen LogP contribution in [0, 0.1) is 10.1 Å². The molecular formula is C22H22N4O5. The van der Waals surface area contributed by atoms with Gasteiger partial charge in [0.05, 0.1) is 11.2 Å². The Morgan fingerprint density at radius 3 is 2.52 bits per heavy atom. The van der Waals surface area contributed by atoms with Crippen molar-refractivity contribution in [3.8, 4) is 0 Å². The first-order valence-corrected chi connectivity index (χ1v) is 9.70. The number of benzene rings is 2. The molecule has 1 aromatic heterocycles. The molecule has 2 aromatic carbocycles. The zero-order chi connectivity index (χ0) is 22.1. The maximum Gasteiger partial charge on any atom is 0.291 e. The van der Waals surface area contributed by atoms with Gasteiger partial charge in [0.15, 0.2) is 5.76 Å². The summed E-state index contributed by atoms with van der Waals surface area (Å²) in [6, 6.07) is 16.6. The highest BCUT2D eigenvalue weighted by molar-refractivity contribution is 6.02. The molecule has 0 aliphatic rings. The molecule has 0 spiro atoms. The van der Waals surface area contributed by atoms with Gasteiger partial charge in [-0.2, -0.15) is 0 Å². The molecule has 0 saturated carbocycles. The van der Waals surface area contributed by atoms with E-state index in [0.29, 0.717) is 31.6 Å². The third kappa shape index (κ3) is 6.70. The first kappa shape index (κ1) is 21.6. The van der Waals surface area contributed by atoms with Crippen LogP contribution in [0.15, 0.2) is 71.3 Å². The molecule has 31 heavy (non-hydrogen) atoms. The third-order valence-corrected chi connectivity index (χ3v) is 4.41. The standard InChI is InChI=1S/C22H22N4O5/c27-21(7-2-12-23-17-8-10-19(11-9-17)26(29)30)24-15-16-4-1-5-18(14-16)25-22(28)20-6-3-13-31-20/h1,3-6,8-11,13-14,23H,2,7,12,15H2,(H,24,27)(H,25,28). The van der Waals surface area contributed by atoms with Crippen LogP contribution < -0.4 is 16.0 Å². The van der Waals surface area contributed by atoms with E-state index >= 15 is 0 Å². The van der Waals surface area contributed by atoms with Crippen molar-refractivity contribution >= 4 is 28.9 Å². The highest BCUT2D eigenvalue weighted by Gasteiger charge is 2.09. The zero-order valence-electron chi connectivity index (χ0n) is 16.7. The monoisotopic (exact) mass is 422 g/mol. The number of non-ortho nitro benzene ring substituents is 1. The third-order valence-electron chi connectivity index (χ3n) is 4.41. The van der Waals surface area contributed by atoms with Crippen molar-refractivity contribution in [3.05, 3.63) is 88.4 Å². The number of anilines is 2. The summed E-state index contributed by atoms with van der Waals surface area (Å²) in [4.78, 5) is 34.3. The summed E-state index contributed by atoms with van der Waals surface area (Å²) < 4.78 is 5.07. The number of nitro groups is 1. The zero-order valence-corrected chi connectivity index (χ0v) is 16.7. The van der Waals surface area contributed by atoms with Gasteiger partial charge in [0.1, 0.15) is 0 Å². The fourth-order valence-electron chi connectivity index (χ4n) is 2.83. The largest absolute Gasteiger partial charge is 0.459 e. The minimum atomic E-state index is -0.448. The lowest BCUT2D eigenvalue weighted by molar-refractivity contribution is -0.384. The van der Waals surface area contributed by atoms with Crippen LogP contribution in [0.1, 0.15) is 29.0 Å². The van der Waals surface area contributed by atoms with Gasteiger partial charge >= 0.3 is 0 Å². The second-order valence-corrected chi connectivity index (χ2v) is 6.74. The Hall–Kier alpha value is -4.14. The number of hydrogen-bond donors (Lipinski definition) is 3. The first-order valence-electron chi connectivity index (χ1n) is 9.70. The van der Waals surface area contributed by atoms with Gasteiger partial charge in [-0.05, 0) is 48.4 Å². The molecule has 0 saturated heterocycles. The normalized spacial score (nSPS) is 10.3. The topological polar surface area (TPSA) is 127 Å². The number of nitrogens with zero attached hydrogens (tertiary/aromatic N) is 1. The predicted octanol–water partition coefficient (Wildman–Crippen LogP) is 3.95. The van der Waals surface area contributed by atoms with Crippen molar-refractivity contribution in [2.75, 3.05) is 17.2 Å². The van der Waals surface area contributed by atoms with Crippen molar-refractivity contribution in [2.45, 2.75) is 19.4 Å². The van der Waals surface area contributed by atoms with E-state index in [1.54, 1.807) is 42.5 Å². The van der Waals surface area contributed by atoms with Gasteiger partial charge < -0.3 is 20.4 Å². The SMILES string of the molecule is O=C(CCCNc1ccc([N+](=O)[O-])cc1)NCc1cccc(NC(=O)c2ccco2)c1. The van der Waals surface area contributed by atoms with Crippen LogP contribution in [0.4, 0.5) is 17.1 Å². The average Bonchev–Trinajstić information content (AvgIpc) is 3.31. The Labute approximate surface area is 178 Å². The average molecular weight is 422 g/mol. The lowest BCUT2D eigenvalue weighted by Gasteiger charge is -2.09. The fourth-order valence-corrected chi connectivity index (χ4v) is 2.83. The maximum absolute atomic E-state index is 12.1. The van der Waals surface area contributed by atoms with Crippen molar-refractivity contribution in [2.24, 2.45) is 0 Å². The van der Waals surface area contributed by atoms with Crippen molar-refractivity contribution < 1.29 is 18.9 Å². The number of furan rings is 1. The van der Waals surface area contributed by atoms with Crippen LogP contribution in [0.3, 0.4) is 0 Å². The summed E-state index contributed by atoms with van der Waals surface area (Å²) in [6.07, 6.45) is 2.39. The van der Waals surface area contributed by atoms with Gasteiger partial charge in [-0.3, -0.25) is 19.7 Å². The van der Waals surface area contributed by atoms with Gasteiger partial charge in [-0.25, -0.2) is 0 Å². The molecule has 3 aromatic rings. The Morgan fingerprint density at radius 1 is 1.00 bits per heavy atom. The minimum Gasteiger partial charge on any atom is -0.459 e. The summed E-state index contributed by atoms with van der Waals surface area (Å²) in [5.74, 6) is -0.205. The molecule has 0 unspecified atom stereocenters. The molecule has 3 rings (SSSR count). The highest BCUT2D eigenvalue weighted by atomic mass is 16.6. The minimum absolute atomic E-state index is 0.0366. The van der Waals surface area contributed by atoms with Crippen LogP contribution in [-0.4, -0.2) is 23.3 Å². The molecule has 0 radical (unpaired) electrons. The number of amides is 2. The van der Waals surface area contributed by atoms with E-state index in [-0.39, 0.29) is 23.3 Å². The quantitative estimate of drug-likeness (QED) is 0.258. The molecule has 0 aliphatic heterocycles. The van der Waals surface area contributed by atoms with Crippen LogP contribution >= 0.6 is 0 Å². The molecule has 9 nitrogen and oxygen atoms in total. The first-order chi connectivity index (χ1) is 15.0. The van der Waals surface area contributed by atoms with Gasteiger partial charge in [-0.15, -0.1) is 0 Å². The number of carbonyl (C=O) groups excluding carboxylic acids is 2. The van der Waals surface area contributed by atoms with Crippen LogP contribution in [0.25, 0.3) is 0 Å². The molecule has 0 aliphatic carbocycles. The van der Waals surface area contributed by atoms with E-state index in [0.717, 1.165) is 11.3 Å². The van der Waals surface area contributed by atoms with Gasteiger partial charge in [0, 0.05) is 43.0 Å². The second kappa shape index (κ2) is 10.6. The van der Waals surface area contributed by atoms with Crippen LogP contribution in [0.5, 0.6) is 0 Å². The molecule has 160 valence electrons. The summed E-state index contributed by atoms with van der Waals surface area (Å²) in [6.45, 7) is 0.915. The van der Waals surface area contributed by atoms with E-state index in [9.17, 15) is 19.7 Å². The smallest absolute Gasteiger partial charge is 0.291 e. The molecule has 3 N–H and O–H groups in total. The molecule has 0 fully saturated rings. The van der Waals surface area contributed by atoms with E-state index in [2.05, 4.69) is 16.0 Å². The Morgan fingerprint density at radius 2 is 1.81 bits per heavy atom. The Bertz CT molecular complexity index is 1030. The lowest BCUT2D eigenvalue weighted by atomic mass is 10.2. The number of hydrogen-bond acceptors (Lipinski definition) is 6. The Balaban J connectivity index is 1.37. The number of nitrogens with one attached hydrogen (secondary N) is 3. The van der Waals surface area contributed by atoms with E-state index in [4.69, 9.17) is 4.42 Å². The molecule has 1 heterocycles. The number of carbonyl (C=O) groups is 2. The second-order valence-electron chi connectivity index (χ2n) is 6.74. The van der Waals surface area contributed by atoms with Crippen LogP contribution in [0.2, 0.25) is 0 Å². The van der Waals surface area contributed by atoms with E-state index < -0.39 is 4.92 Å². The van der Waals surface area contributed by atoms with Crippen LogP contribution in [-0.2, 0) is 11.3 Å². The van der Waals surface area contributed by atoms with Crippen molar-refractivity contribution in [1.82, 2.24) is 5.32 Å².